The summed E-state index contributed by atoms with van der Waals surface area (Å²) in [5.41, 5.74) is 4.75. The first kappa shape index (κ1) is 17.6. The largest absolute Gasteiger partial charge is 0.306 e. The minimum Gasteiger partial charge on any atom is -0.306 e. The van der Waals surface area contributed by atoms with Crippen LogP contribution in [0.2, 0.25) is 0 Å². The smallest absolute Gasteiger partial charge is 0.255 e. The molecule has 3 aromatic rings. The summed E-state index contributed by atoms with van der Waals surface area (Å²) in [6.07, 6.45) is 6.08. The van der Waals surface area contributed by atoms with Crippen LogP contribution in [0.4, 0.5) is 0 Å². The average molecular weight is 364 g/mol. The zero-order chi connectivity index (χ0) is 19.0. The molecule has 4 heterocycles. The molecule has 140 valence electrons. The summed E-state index contributed by atoms with van der Waals surface area (Å²) in [6, 6.07) is 3.74. The molecule has 0 amide bonds. The number of rotatable bonds is 3. The third kappa shape index (κ3) is 3.55. The zero-order valence-electron chi connectivity index (χ0n) is 15.9. The molecule has 3 aromatic heterocycles. The van der Waals surface area contributed by atoms with Gasteiger partial charge in [-0.3, -0.25) is 19.8 Å². The zero-order valence-corrected chi connectivity index (χ0v) is 15.9. The lowest BCUT2D eigenvalue weighted by Crippen LogP contribution is -2.35. The van der Waals surface area contributed by atoms with Crippen LogP contribution in [0.3, 0.4) is 0 Å². The molecule has 0 bridgehead atoms. The number of H-pyrrole nitrogens is 2. The van der Waals surface area contributed by atoms with E-state index in [-0.39, 0.29) is 11.0 Å². The molecule has 0 spiro atoms. The number of fused-ring (bicyclic) bond motifs is 1. The van der Waals surface area contributed by atoms with E-state index in [1.807, 2.05) is 18.3 Å². The van der Waals surface area contributed by atoms with Crippen molar-refractivity contribution in [2.24, 2.45) is 0 Å². The third-order valence-corrected chi connectivity index (χ3v) is 4.94. The van der Waals surface area contributed by atoms with Crippen LogP contribution in [0.15, 0.2) is 35.5 Å². The van der Waals surface area contributed by atoms with Gasteiger partial charge in [0.05, 0.1) is 17.5 Å². The van der Waals surface area contributed by atoms with Crippen molar-refractivity contribution in [1.82, 2.24) is 30.0 Å². The Hall–Kier alpha value is -2.80. The maximum absolute atomic E-state index is 12.7. The van der Waals surface area contributed by atoms with Crippen LogP contribution in [-0.2, 0) is 24.9 Å². The number of hydrogen-bond donors (Lipinski definition) is 2. The van der Waals surface area contributed by atoms with Gasteiger partial charge in [-0.2, -0.15) is 5.10 Å². The fraction of sp³-hybridized carbons (Fsp3) is 0.400. The highest BCUT2D eigenvalue weighted by Gasteiger charge is 2.25. The number of aromatic amines is 2. The molecular formula is C20H24N6O. The topological polar surface area (TPSA) is 90.6 Å². The van der Waals surface area contributed by atoms with Gasteiger partial charge in [0.15, 0.2) is 0 Å². The molecule has 0 atom stereocenters. The van der Waals surface area contributed by atoms with E-state index >= 15 is 0 Å². The minimum absolute atomic E-state index is 0.0111. The molecule has 0 unspecified atom stereocenters. The summed E-state index contributed by atoms with van der Waals surface area (Å²) in [5.74, 6) is 0.588. The number of pyridine rings is 1. The Labute approximate surface area is 157 Å². The number of hydrogen-bond acceptors (Lipinski definition) is 5. The Morgan fingerprint density at radius 1 is 1.26 bits per heavy atom. The summed E-state index contributed by atoms with van der Waals surface area (Å²) >= 11 is 0. The highest BCUT2D eigenvalue weighted by molar-refractivity contribution is 5.53. The third-order valence-electron chi connectivity index (χ3n) is 4.94. The Bertz CT molecular complexity index is 999. The van der Waals surface area contributed by atoms with E-state index in [1.165, 1.54) is 5.56 Å². The van der Waals surface area contributed by atoms with Crippen molar-refractivity contribution in [2.75, 3.05) is 6.54 Å². The molecular weight excluding hydrogens is 340 g/mol. The van der Waals surface area contributed by atoms with Crippen LogP contribution in [0.1, 0.15) is 43.3 Å². The second-order valence-corrected chi connectivity index (χ2v) is 8.06. The lowest BCUT2D eigenvalue weighted by molar-refractivity contribution is 0.240. The summed E-state index contributed by atoms with van der Waals surface area (Å²) in [7, 11) is 0. The van der Waals surface area contributed by atoms with E-state index in [1.54, 1.807) is 12.4 Å². The van der Waals surface area contributed by atoms with Crippen LogP contribution in [-0.4, -0.2) is 36.6 Å². The first-order valence-electron chi connectivity index (χ1n) is 9.19. The molecule has 2 N–H and O–H groups in total. The van der Waals surface area contributed by atoms with Gasteiger partial charge in [0.25, 0.3) is 5.56 Å². The van der Waals surface area contributed by atoms with Crippen molar-refractivity contribution in [3.63, 3.8) is 0 Å². The van der Waals surface area contributed by atoms with Gasteiger partial charge in [-0.15, -0.1) is 0 Å². The van der Waals surface area contributed by atoms with Crippen LogP contribution in [0.5, 0.6) is 0 Å². The summed E-state index contributed by atoms with van der Waals surface area (Å²) in [4.78, 5) is 26.7. The second kappa shape index (κ2) is 6.74. The molecule has 0 aromatic carbocycles. The molecule has 7 heteroatoms. The summed E-state index contributed by atoms with van der Waals surface area (Å²) < 4.78 is 0. The highest BCUT2D eigenvalue weighted by Crippen LogP contribution is 2.26. The summed E-state index contributed by atoms with van der Waals surface area (Å²) in [5, 5.41) is 7.35. The van der Waals surface area contributed by atoms with Gasteiger partial charge in [0.1, 0.15) is 5.82 Å². The molecule has 1 aliphatic rings. The Kier molecular flexibility index (Phi) is 4.39. The highest BCUT2D eigenvalue weighted by atomic mass is 16.1. The molecule has 0 fully saturated rings. The number of nitrogens with zero attached hydrogens (tertiary/aromatic N) is 4. The molecule has 0 saturated carbocycles. The SMILES string of the molecule is CC(C)(C)c1[nH]ncc1CN1CCc2nc(-c3cccnc3)[nH]c(=O)c2C1. The number of aromatic nitrogens is 5. The molecule has 0 saturated heterocycles. The van der Waals surface area contributed by atoms with Crippen LogP contribution in [0.25, 0.3) is 11.4 Å². The van der Waals surface area contributed by atoms with E-state index in [4.69, 9.17) is 4.98 Å². The van der Waals surface area contributed by atoms with Gasteiger partial charge in [-0.05, 0) is 12.1 Å². The van der Waals surface area contributed by atoms with E-state index in [0.717, 1.165) is 42.0 Å². The summed E-state index contributed by atoms with van der Waals surface area (Å²) in [6.45, 7) is 8.75. The van der Waals surface area contributed by atoms with Crippen LogP contribution >= 0.6 is 0 Å². The van der Waals surface area contributed by atoms with Gasteiger partial charge in [0.2, 0.25) is 0 Å². The van der Waals surface area contributed by atoms with Crippen molar-refractivity contribution in [2.45, 2.75) is 45.7 Å². The van der Waals surface area contributed by atoms with Crippen LogP contribution in [0, 0.1) is 0 Å². The molecule has 7 nitrogen and oxygen atoms in total. The Morgan fingerprint density at radius 2 is 2.11 bits per heavy atom. The molecule has 27 heavy (non-hydrogen) atoms. The van der Waals surface area contributed by atoms with Gasteiger partial charge in [-0.25, -0.2) is 4.98 Å². The Balaban J connectivity index is 1.58. The maximum atomic E-state index is 12.7. The van der Waals surface area contributed by atoms with E-state index in [0.29, 0.717) is 12.4 Å². The standard InChI is InChI=1S/C20H24N6O/c1-20(2,3)17-14(10-22-25-17)11-26-8-6-16-15(12-26)19(27)24-18(23-16)13-5-4-7-21-9-13/h4-5,7,9-10H,6,8,11-12H2,1-3H3,(H,22,25)(H,23,24,27). The molecule has 1 aliphatic heterocycles. The number of nitrogens with one attached hydrogen (secondary N) is 2. The fourth-order valence-corrected chi connectivity index (χ4v) is 3.58. The van der Waals surface area contributed by atoms with Crippen molar-refractivity contribution in [3.8, 4) is 11.4 Å². The van der Waals surface area contributed by atoms with Crippen molar-refractivity contribution in [1.29, 1.82) is 0 Å². The van der Waals surface area contributed by atoms with E-state index in [9.17, 15) is 4.79 Å². The van der Waals surface area contributed by atoms with Gasteiger partial charge in [-0.1, -0.05) is 20.8 Å². The van der Waals surface area contributed by atoms with Gasteiger partial charge in [0, 0.05) is 60.7 Å². The quantitative estimate of drug-likeness (QED) is 0.745. The van der Waals surface area contributed by atoms with E-state index in [2.05, 4.69) is 45.8 Å². The predicted molar refractivity (Wildman–Crippen MR) is 103 cm³/mol. The maximum Gasteiger partial charge on any atom is 0.255 e. The molecule has 0 radical (unpaired) electrons. The molecule has 4 rings (SSSR count). The van der Waals surface area contributed by atoms with Crippen LogP contribution < -0.4 is 5.56 Å². The minimum atomic E-state index is -0.0632. The first-order valence-corrected chi connectivity index (χ1v) is 9.19. The van der Waals surface area contributed by atoms with Crippen molar-refractivity contribution < 1.29 is 0 Å². The normalized spacial score (nSPS) is 14.9. The van der Waals surface area contributed by atoms with Gasteiger partial charge < -0.3 is 4.98 Å². The van der Waals surface area contributed by atoms with E-state index < -0.39 is 0 Å². The lowest BCUT2D eigenvalue weighted by atomic mass is 9.89. The second-order valence-electron chi connectivity index (χ2n) is 8.06. The Morgan fingerprint density at radius 3 is 2.85 bits per heavy atom. The predicted octanol–water partition coefficient (Wildman–Crippen LogP) is 2.41. The monoisotopic (exact) mass is 364 g/mol. The lowest BCUT2D eigenvalue weighted by Gasteiger charge is -2.28. The first-order chi connectivity index (χ1) is 12.9. The average Bonchev–Trinajstić information content (AvgIpc) is 3.11. The van der Waals surface area contributed by atoms with Crippen molar-refractivity contribution >= 4 is 0 Å². The molecule has 0 aliphatic carbocycles. The van der Waals surface area contributed by atoms with Crippen molar-refractivity contribution in [3.05, 3.63) is 63.6 Å². The fourth-order valence-electron chi connectivity index (χ4n) is 3.58. The van der Waals surface area contributed by atoms with Gasteiger partial charge >= 0.3 is 0 Å².